The normalized spacial score (nSPS) is 22.7. The van der Waals surface area contributed by atoms with Crippen molar-refractivity contribution in [1.82, 2.24) is 19.4 Å². The molecule has 0 aliphatic carbocycles. The van der Waals surface area contributed by atoms with Crippen LogP contribution in [-0.2, 0) is 9.53 Å². The number of benzene rings is 2. The van der Waals surface area contributed by atoms with Crippen LogP contribution in [0.5, 0.6) is 0 Å². The number of amides is 1. The van der Waals surface area contributed by atoms with Crippen molar-refractivity contribution >= 4 is 46.0 Å². The lowest BCUT2D eigenvalue weighted by Crippen LogP contribution is -2.58. The van der Waals surface area contributed by atoms with Gasteiger partial charge < -0.3 is 14.5 Å². The number of piperazine rings is 1. The lowest BCUT2D eigenvalue weighted by Gasteiger charge is -2.45. The standard InChI is InChI=1S/C31H34ClF2N5O3S/c1-5-26(40)38-18(3)13-37(14-19(38)4)30-22-10-17(2)27(21-11-23(32)25(34)12-24(21)33)29-28(22)39(31(41)35-30)20(16-43-29)15-36-6-8-42-9-7-36/h5,10-12,18-20H,1,6-9,13-16H2,2-4H3/t18-,19+,20?. The lowest BCUT2D eigenvalue weighted by atomic mass is 9.96. The van der Waals surface area contributed by atoms with Gasteiger partial charge in [-0.15, -0.1) is 11.8 Å². The molecule has 3 aliphatic rings. The maximum atomic E-state index is 15.3. The summed E-state index contributed by atoms with van der Waals surface area (Å²) in [5.74, 6) is -0.544. The van der Waals surface area contributed by atoms with Crippen molar-refractivity contribution < 1.29 is 18.3 Å². The third-order valence-electron chi connectivity index (χ3n) is 8.63. The summed E-state index contributed by atoms with van der Waals surface area (Å²) in [6.45, 7) is 13.9. The van der Waals surface area contributed by atoms with E-state index < -0.39 is 11.6 Å². The highest BCUT2D eigenvalue weighted by Gasteiger charge is 2.36. The Hall–Kier alpha value is -2.99. The first-order chi connectivity index (χ1) is 20.6. The topological polar surface area (TPSA) is 70.9 Å². The van der Waals surface area contributed by atoms with Crippen molar-refractivity contribution in [3.63, 3.8) is 0 Å². The molecule has 3 atom stereocenters. The van der Waals surface area contributed by atoms with E-state index in [0.717, 1.165) is 35.0 Å². The second kappa shape index (κ2) is 11.8. The smallest absolute Gasteiger partial charge is 0.350 e. The van der Waals surface area contributed by atoms with Gasteiger partial charge in [-0.3, -0.25) is 14.3 Å². The molecule has 6 rings (SSSR count). The van der Waals surface area contributed by atoms with Crippen LogP contribution in [0.3, 0.4) is 0 Å². The van der Waals surface area contributed by atoms with Gasteiger partial charge in [-0.2, -0.15) is 4.98 Å². The van der Waals surface area contributed by atoms with Crippen LogP contribution >= 0.6 is 23.4 Å². The molecule has 1 unspecified atom stereocenters. The Morgan fingerprint density at radius 2 is 1.86 bits per heavy atom. The van der Waals surface area contributed by atoms with Gasteiger partial charge in [-0.25, -0.2) is 13.6 Å². The van der Waals surface area contributed by atoms with E-state index in [4.69, 9.17) is 16.3 Å². The SMILES string of the molecule is C=CC(=O)N1[C@H](C)CN(c2nc(=O)n3c4c(c(-c5cc(Cl)c(F)cc5F)c(C)cc24)SCC3CN2CCOCC2)C[C@@H]1C. The Labute approximate surface area is 258 Å². The van der Waals surface area contributed by atoms with Crippen LogP contribution in [0.1, 0.15) is 25.5 Å². The number of morpholine rings is 1. The summed E-state index contributed by atoms with van der Waals surface area (Å²) in [4.78, 5) is 38.1. The van der Waals surface area contributed by atoms with Crippen molar-refractivity contribution in [2.75, 3.05) is 56.6 Å². The number of hydrogen-bond donors (Lipinski definition) is 0. The van der Waals surface area contributed by atoms with E-state index in [9.17, 15) is 14.0 Å². The highest BCUT2D eigenvalue weighted by molar-refractivity contribution is 7.99. The predicted octanol–water partition coefficient (Wildman–Crippen LogP) is 4.89. The molecule has 1 aromatic heterocycles. The van der Waals surface area contributed by atoms with Crippen molar-refractivity contribution in [1.29, 1.82) is 0 Å². The van der Waals surface area contributed by atoms with Gasteiger partial charge in [0.2, 0.25) is 5.91 Å². The van der Waals surface area contributed by atoms with Crippen LogP contribution in [0, 0.1) is 18.6 Å². The average molecular weight is 630 g/mol. The van der Waals surface area contributed by atoms with E-state index in [2.05, 4.69) is 21.4 Å². The van der Waals surface area contributed by atoms with E-state index in [1.807, 2.05) is 26.8 Å². The van der Waals surface area contributed by atoms with Gasteiger partial charge in [-0.05, 0) is 44.5 Å². The number of anilines is 1. The Bertz CT molecular complexity index is 1670. The first-order valence-corrected chi connectivity index (χ1v) is 15.8. The van der Waals surface area contributed by atoms with E-state index >= 15 is 4.39 Å². The summed E-state index contributed by atoms with van der Waals surface area (Å²) in [5.41, 5.74) is 1.86. The quantitative estimate of drug-likeness (QED) is 0.294. The summed E-state index contributed by atoms with van der Waals surface area (Å²) in [7, 11) is 0. The highest BCUT2D eigenvalue weighted by atomic mass is 35.5. The average Bonchev–Trinajstić information content (AvgIpc) is 2.97. The molecular formula is C31H34ClF2N5O3S. The van der Waals surface area contributed by atoms with Crippen LogP contribution in [0.4, 0.5) is 14.6 Å². The van der Waals surface area contributed by atoms with Crippen molar-refractivity contribution in [3.05, 3.63) is 63.6 Å². The number of thioether (sulfide) groups is 1. The number of aryl methyl sites for hydroxylation is 1. The second-order valence-corrected chi connectivity index (χ2v) is 13.0. The van der Waals surface area contributed by atoms with Crippen molar-refractivity contribution in [2.24, 2.45) is 0 Å². The van der Waals surface area contributed by atoms with Gasteiger partial charge >= 0.3 is 5.69 Å². The van der Waals surface area contributed by atoms with E-state index in [1.165, 1.54) is 12.1 Å². The zero-order valence-electron chi connectivity index (χ0n) is 24.4. The van der Waals surface area contributed by atoms with E-state index in [1.54, 1.807) is 21.2 Å². The van der Waals surface area contributed by atoms with Gasteiger partial charge in [0.1, 0.15) is 17.5 Å². The van der Waals surface area contributed by atoms with Crippen LogP contribution in [0.25, 0.3) is 22.0 Å². The summed E-state index contributed by atoms with van der Waals surface area (Å²) >= 11 is 7.71. The van der Waals surface area contributed by atoms with Gasteiger partial charge in [0.05, 0.1) is 29.8 Å². The lowest BCUT2D eigenvalue weighted by molar-refractivity contribution is -0.130. The fraction of sp³-hybridized carbons (Fsp3) is 0.452. The Morgan fingerprint density at radius 3 is 2.53 bits per heavy atom. The fourth-order valence-corrected chi connectivity index (χ4v) is 8.30. The molecule has 3 aliphatic heterocycles. The van der Waals surface area contributed by atoms with Gasteiger partial charge in [0.15, 0.2) is 0 Å². The zero-order chi connectivity index (χ0) is 30.6. The molecule has 0 radical (unpaired) electrons. The Morgan fingerprint density at radius 1 is 1.16 bits per heavy atom. The van der Waals surface area contributed by atoms with Crippen molar-refractivity contribution in [2.45, 2.75) is 43.8 Å². The monoisotopic (exact) mass is 629 g/mol. The third kappa shape index (κ3) is 5.34. The molecule has 12 heteroatoms. The fourth-order valence-electron chi connectivity index (χ4n) is 6.76. The molecule has 2 aromatic carbocycles. The number of nitrogens with zero attached hydrogens (tertiary/aromatic N) is 5. The summed E-state index contributed by atoms with van der Waals surface area (Å²) in [6, 6.07) is 3.63. The molecule has 43 heavy (non-hydrogen) atoms. The number of ether oxygens (including phenoxy) is 1. The number of rotatable bonds is 5. The molecule has 0 N–H and O–H groups in total. The molecule has 0 spiro atoms. The second-order valence-electron chi connectivity index (χ2n) is 11.6. The number of carbonyl (C=O) groups excluding carboxylic acids is 1. The van der Waals surface area contributed by atoms with Gasteiger partial charge in [0.25, 0.3) is 0 Å². The van der Waals surface area contributed by atoms with E-state index in [-0.39, 0.29) is 40.3 Å². The largest absolute Gasteiger partial charge is 0.379 e. The molecule has 0 saturated carbocycles. The minimum atomic E-state index is -0.825. The van der Waals surface area contributed by atoms with E-state index in [0.29, 0.717) is 55.5 Å². The molecule has 2 saturated heterocycles. The van der Waals surface area contributed by atoms with Crippen LogP contribution in [-0.4, -0.2) is 89.0 Å². The molecule has 228 valence electrons. The predicted molar refractivity (Wildman–Crippen MR) is 166 cm³/mol. The van der Waals surface area contributed by atoms with Gasteiger partial charge in [0, 0.05) is 78.0 Å². The zero-order valence-corrected chi connectivity index (χ0v) is 26.0. The molecule has 2 fully saturated rings. The Balaban J connectivity index is 1.55. The molecule has 1 amide bonds. The highest BCUT2D eigenvalue weighted by Crippen LogP contribution is 2.47. The maximum Gasteiger partial charge on any atom is 0.350 e. The number of halogens is 3. The van der Waals surface area contributed by atoms with Crippen LogP contribution in [0.15, 0.2) is 40.5 Å². The number of hydrogen-bond acceptors (Lipinski definition) is 7. The molecule has 8 nitrogen and oxygen atoms in total. The first kappa shape index (κ1) is 30.1. The van der Waals surface area contributed by atoms with Crippen LogP contribution < -0.4 is 10.6 Å². The molecule has 4 heterocycles. The first-order valence-electron chi connectivity index (χ1n) is 14.5. The minimum absolute atomic E-state index is 0.132. The summed E-state index contributed by atoms with van der Waals surface area (Å²) < 4.78 is 36.8. The summed E-state index contributed by atoms with van der Waals surface area (Å²) in [5, 5.41) is 0.614. The Kier molecular flexibility index (Phi) is 8.27. The van der Waals surface area contributed by atoms with Crippen molar-refractivity contribution in [3.8, 4) is 11.1 Å². The third-order valence-corrected chi connectivity index (χ3v) is 10.2. The maximum absolute atomic E-state index is 15.3. The summed E-state index contributed by atoms with van der Waals surface area (Å²) in [6.07, 6.45) is 1.33. The van der Waals surface area contributed by atoms with Crippen LogP contribution in [0.2, 0.25) is 5.02 Å². The molecular weight excluding hydrogens is 596 g/mol. The minimum Gasteiger partial charge on any atom is -0.379 e. The molecule has 3 aromatic rings. The number of carbonyl (C=O) groups is 1. The van der Waals surface area contributed by atoms with Gasteiger partial charge in [-0.1, -0.05) is 18.2 Å². The molecule has 0 bridgehead atoms. The number of aromatic nitrogens is 2.